The van der Waals surface area contributed by atoms with Gasteiger partial charge < -0.3 is 10.6 Å². The number of benzene rings is 1. The van der Waals surface area contributed by atoms with Crippen LogP contribution in [0.1, 0.15) is 38.7 Å². The van der Waals surface area contributed by atoms with Gasteiger partial charge in [-0.05, 0) is 30.9 Å². The Bertz CT molecular complexity index is 442. The highest BCUT2D eigenvalue weighted by Gasteiger charge is 2.32. The number of rotatable bonds is 3. The molecule has 1 aliphatic heterocycles. The zero-order chi connectivity index (χ0) is 13.3. The minimum atomic E-state index is -0.210. The summed E-state index contributed by atoms with van der Waals surface area (Å²) in [6, 6.07) is 8.51. The van der Waals surface area contributed by atoms with E-state index in [1.54, 1.807) is 0 Å². The lowest BCUT2D eigenvalue weighted by Crippen LogP contribution is -2.43. The molecule has 0 unspecified atom stereocenters. The maximum Gasteiger partial charge on any atom is 0.225 e. The molecule has 3 heteroatoms. The molecule has 2 N–H and O–H groups in total. The summed E-state index contributed by atoms with van der Waals surface area (Å²) in [7, 11) is 0. The van der Waals surface area contributed by atoms with Crippen molar-refractivity contribution in [1.82, 2.24) is 0 Å². The Labute approximate surface area is 109 Å². The molecule has 3 nitrogen and oxygen atoms in total. The van der Waals surface area contributed by atoms with Gasteiger partial charge in [0.25, 0.3) is 0 Å². The Balaban J connectivity index is 2.41. The number of nitrogens with zero attached hydrogens (tertiary/aromatic N) is 1. The molecule has 0 aliphatic carbocycles. The molecular weight excluding hydrogens is 224 g/mol. The van der Waals surface area contributed by atoms with E-state index in [0.29, 0.717) is 12.0 Å². The molecule has 1 aromatic rings. The molecule has 0 fully saturated rings. The fraction of sp³-hybridized carbons (Fsp3) is 0.533. The second kappa shape index (κ2) is 5.01. The van der Waals surface area contributed by atoms with Crippen molar-refractivity contribution >= 4 is 11.6 Å². The first-order valence-electron chi connectivity index (χ1n) is 6.65. The number of para-hydroxylation sites is 1. The number of carbonyl (C=O) groups is 1. The van der Waals surface area contributed by atoms with Crippen molar-refractivity contribution in [3.05, 3.63) is 29.8 Å². The first-order chi connectivity index (χ1) is 8.50. The van der Waals surface area contributed by atoms with Crippen molar-refractivity contribution in [3.63, 3.8) is 0 Å². The van der Waals surface area contributed by atoms with E-state index in [1.807, 2.05) is 18.2 Å². The Morgan fingerprint density at radius 3 is 2.72 bits per heavy atom. The summed E-state index contributed by atoms with van der Waals surface area (Å²) in [5, 5.41) is 0. The molecule has 0 radical (unpaired) electrons. The second-order valence-electron chi connectivity index (χ2n) is 5.64. The quantitative estimate of drug-likeness (QED) is 0.890. The van der Waals surface area contributed by atoms with E-state index in [1.165, 1.54) is 5.69 Å². The van der Waals surface area contributed by atoms with Crippen molar-refractivity contribution in [2.24, 2.45) is 11.7 Å². The Morgan fingerprint density at radius 2 is 2.11 bits per heavy atom. The van der Waals surface area contributed by atoms with Gasteiger partial charge in [0.2, 0.25) is 5.91 Å². The Kier molecular flexibility index (Phi) is 3.60. The first kappa shape index (κ1) is 12.9. The van der Waals surface area contributed by atoms with Gasteiger partial charge >= 0.3 is 0 Å². The zero-order valence-electron chi connectivity index (χ0n) is 11.4. The van der Waals surface area contributed by atoms with Crippen molar-refractivity contribution in [2.75, 3.05) is 11.4 Å². The molecule has 1 amide bonds. The third-order valence-electron chi connectivity index (χ3n) is 3.64. The molecule has 2 rings (SSSR count). The minimum absolute atomic E-state index is 0.139. The van der Waals surface area contributed by atoms with Crippen LogP contribution in [0, 0.1) is 5.92 Å². The SMILES string of the molecule is CC(C)CN1c2ccccc2[C@H](C(N)=O)C[C@@H]1C. The molecule has 0 aromatic heterocycles. The normalized spacial score (nSPS) is 23.0. The molecule has 98 valence electrons. The van der Waals surface area contributed by atoms with E-state index in [0.717, 1.165) is 18.5 Å². The molecule has 0 saturated carbocycles. The summed E-state index contributed by atoms with van der Waals surface area (Å²) < 4.78 is 0. The summed E-state index contributed by atoms with van der Waals surface area (Å²) in [6.45, 7) is 7.63. The molecule has 1 heterocycles. The molecule has 2 atom stereocenters. The molecule has 0 saturated heterocycles. The number of amides is 1. The number of nitrogens with two attached hydrogens (primary N) is 1. The van der Waals surface area contributed by atoms with Gasteiger partial charge in [-0.1, -0.05) is 32.0 Å². The monoisotopic (exact) mass is 246 g/mol. The lowest BCUT2D eigenvalue weighted by Gasteiger charge is -2.41. The van der Waals surface area contributed by atoms with Crippen LogP contribution in [0.4, 0.5) is 5.69 Å². The van der Waals surface area contributed by atoms with E-state index in [9.17, 15) is 4.79 Å². The van der Waals surface area contributed by atoms with Crippen LogP contribution in [0.15, 0.2) is 24.3 Å². The lowest BCUT2D eigenvalue weighted by atomic mass is 9.85. The van der Waals surface area contributed by atoms with E-state index >= 15 is 0 Å². The van der Waals surface area contributed by atoms with Gasteiger partial charge in [0.15, 0.2) is 0 Å². The van der Waals surface area contributed by atoms with Gasteiger partial charge in [0.1, 0.15) is 0 Å². The standard InChI is InChI=1S/C15H22N2O/c1-10(2)9-17-11(3)8-13(15(16)18)12-6-4-5-7-14(12)17/h4-7,10-11,13H,8-9H2,1-3H3,(H2,16,18)/t11-,13+/m0/s1. The number of primary amides is 1. The highest BCUT2D eigenvalue weighted by atomic mass is 16.1. The molecule has 0 spiro atoms. The van der Waals surface area contributed by atoms with Crippen LogP contribution in [0.25, 0.3) is 0 Å². The van der Waals surface area contributed by atoms with Gasteiger partial charge in [-0.15, -0.1) is 0 Å². The first-order valence-corrected chi connectivity index (χ1v) is 6.65. The summed E-state index contributed by atoms with van der Waals surface area (Å²) >= 11 is 0. The number of anilines is 1. The number of carbonyl (C=O) groups excluding carboxylic acids is 1. The Morgan fingerprint density at radius 1 is 1.44 bits per heavy atom. The summed E-state index contributed by atoms with van der Waals surface area (Å²) in [5.74, 6) is 0.253. The fourth-order valence-corrected chi connectivity index (χ4v) is 2.82. The predicted molar refractivity (Wildman–Crippen MR) is 74.6 cm³/mol. The molecule has 1 aliphatic rings. The maximum absolute atomic E-state index is 11.6. The van der Waals surface area contributed by atoms with Crippen molar-refractivity contribution in [2.45, 2.75) is 39.2 Å². The van der Waals surface area contributed by atoms with Gasteiger partial charge in [0.05, 0.1) is 5.92 Å². The van der Waals surface area contributed by atoms with Crippen LogP contribution >= 0.6 is 0 Å². The number of fused-ring (bicyclic) bond motifs is 1. The Hall–Kier alpha value is -1.51. The topological polar surface area (TPSA) is 46.3 Å². The summed E-state index contributed by atoms with van der Waals surface area (Å²) in [4.78, 5) is 14.0. The zero-order valence-corrected chi connectivity index (χ0v) is 11.4. The van der Waals surface area contributed by atoms with Gasteiger partial charge in [-0.3, -0.25) is 4.79 Å². The van der Waals surface area contributed by atoms with Gasteiger partial charge in [0, 0.05) is 18.3 Å². The average molecular weight is 246 g/mol. The van der Waals surface area contributed by atoms with Crippen molar-refractivity contribution in [3.8, 4) is 0 Å². The van der Waals surface area contributed by atoms with E-state index < -0.39 is 0 Å². The van der Waals surface area contributed by atoms with E-state index in [-0.39, 0.29) is 11.8 Å². The molecule has 0 bridgehead atoms. The lowest BCUT2D eigenvalue weighted by molar-refractivity contribution is -0.119. The average Bonchev–Trinajstić information content (AvgIpc) is 2.31. The highest BCUT2D eigenvalue weighted by Crippen LogP contribution is 2.38. The molecule has 18 heavy (non-hydrogen) atoms. The van der Waals surface area contributed by atoms with Crippen LogP contribution in [-0.4, -0.2) is 18.5 Å². The smallest absolute Gasteiger partial charge is 0.225 e. The number of hydrogen-bond acceptors (Lipinski definition) is 2. The van der Waals surface area contributed by atoms with Crippen LogP contribution in [0.2, 0.25) is 0 Å². The van der Waals surface area contributed by atoms with Crippen LogP contribution < -0.4 is 10.6 Å². The largest absolute Gasteiger partial charge is 0.369 e. The maximum atomic E-state index is 11.6. The highest BCUT2D eigenvalue weighted by molar-refractivity contribution is 5.85. The predicted octanol–water partition coefficient (Wildman–Crippen LogP) is 2.51. The van der Waals surface area contributed by atoms with Crippen molar-refractivity contribution in [1.29, 1.82) is 0 Å². The van der Waals surface area contributed by atoms with Crippen LogP contribution in [0.3, 0.4) is 0 Å². The number of hydrogen-bond donors (Lipinski definition) is 1. The molecule has 1 aromatic carbocycles. The fourth-order valence-electron chi connectivity index (χ4n) is 2.82. The van der Waals surface area contributed by atoms with Crippen LogP contribution in [-0.2, 0) is 4.79 Å². The third kappa shape index (κ3) is 2.35. The van der Waals surface area contributed by atoms with Crippen LogP contribution in [0.5, 0.6) is 0 Å². The van der Waals surface area contributed by atoms with Gasteiger partial charge in [-0.25, -0.2) is 0 Å². The third-order valence-corrected chi connectivity index (χ3v) is 3.64. The summed E-state index contributed by atoms with van der Waals surface area (Å²) in [6.07, 6.45) is 0.819. The van der Waals surface area contributed by atoms with E-state index in [2.05, 4.69) is 31.7 Å². The minimum Gasteiger partial charge on any atom is -0.369 e. The second-order valence-corrected chi connectivity index (χ2v) is 5.64. The summed E-state index contributed by atoms with van der Waals surface area (Å²) in [5.41, 5.74) is 7.80. The van der Waals surface area contributed by atoms with E-state index in [4.69, 9.17) is 5.73 Å². The van der Waals surface area contributed by atoms with Gasteiger partial charge in [-0.2, -0.15) is 0 Å². The molecular formula is C15H22N2O. The van der Waals surface area contributed by atoms with Crippen molar-refractivity contribution < 1.29 is 4.79 Å².